The Labute approximate surface area is 221 Å². The van der Waals surface area contributed by atoms with Gasteiger partial charge in [0.1, 0.15) is 12.3 Å². The average Bonchev–Trinajstić information content (AvgIpc) is 3.52. The number of nitrogens with zero attached hydrogens (tertiary/aromatic N) is 2. The van der Waals surface area contributed by atoms with Gasteiger partial charge in [-0.15, -0.1) is 0 Å². The van der Waals surface area contributed by atoms with Crippen LogP contribution in [0.3, 0.4) is 0 Å². The van der Waals surface area contributed by atoms with Crippen LogP contribution in [0.5, 0.6) is 11.5 Å². The fourth-order valence-corrected chi connectivity index (χ4v) is 5.01. The molecule has 6 nitrogen and oxygen atoms in total. The van der Waals surface area contributed by atoms with Gasteiger partial charge in [0.15, 0.2) is 11.5 Å². The lowest BCUT2D eigenvalue weighted by Crippen LogP contribution is -2.29. The van der Waals surface area contributed by atoms with Gasteiger partial charge in [0, 0.05) is 17.7 Å². The molecule has 5 aromatic rings. The first-order valence-electron chi connectivity index (χ1n) is 12.6. The van der Waals surface area contributed by atoms with Crippen molar-refractivity contribution in [3.63, 3.8) is 0 Å². The number of H-pyrrole nitrogens is 1. The molecule has 6 rings (SSSR count). The highest BCUT2D eigenvalue weighted by Gasteiger charge is 2.42. The van der Waals surface area contributed by atoms with Gasteiger partial charge in [-0.05, 0) is 28.8 Å². The molecule has 1 aromatic heterocycles. The van der Waals surface area contributed by atoms with E-state index >= 15 is 0 Å². The molecule has 1 unspecified atom stereocenters. The van der Waals surface area contributed by atoms with Crippen LogP contribution < -0.4 is 9.47 Å². The predicted octanol–water partition coefficient (Wildman–Crippen LogP) is 6.41. The average molecular weight is 502 g/mol. The number of fused-ring (bicyclic) bond motifs is 1. The van der Waals surface area contributed by atoms with Crippen molar-refractivity contribution in [3.8, 4) is 22.8 Å². The summed E-state index contributed by atoms with van der Waals surface area (Å²) in [7, 11) is 1.63. The van der Waals surface area contributed by atoms with Crippen molar-refractivity contribution < 1.29 is 14.3 Å². The maximum atomic E-state index is 13.7. The summed E-state index contributed by atoms with van der Waals surface area (Å²) in [6, 6.07) is 35.5. The minimum Gasteiger partial charge on any atom is -0.493 e. The third kappa shape index (κ3) is 4.41. The molecule has 6 heteroatoms. The number of nitrogens with one attached hydrogen (secondary N) is 1. The number of aromatic amines is 1. The summed E-state index contributed by atoms with van der Waals surface area (Å²) in [6.07, 6.45) is 0. The van der Waals surface area contributed by atoms with E-state index in [0.717, 1.165) is 33.5 Å². The zero-order valence-corrected chi connectivity index (χ0v) is 21.0. The summed E-state index contributed by atoms with van der Waals surface area (Å²) in [5, 5.41) is 7.60. The highest BCUT2D eigenvalue weighted by Crippen LogP contribution is 2.45. The largest absolute Gasteiger partial charge is 0.493 e. The highest BCUT2D eigenvalue weighted by molar-refractivity contribution is 6.00. The fourth-order valence-electron chi connectivity index (χ4n) is 5.01. The molecule has 0 saturated heterocycles. The zero-order valence-electron chi connectivity index (χ0n) is 21.0. The number of aromatic nitrogens is 2. The molecule has 1 aliphatic rings. The van der Waals surface area contributed by atoms with Gasteiger partial charge in [0.2, 0.25) is 0 Å². The first-order chi connectivity index (χ1) is 18.7. The van der Waals surface area contributed by atoms with E-state index in [1.807, 2.05) is 114 Å². The molecular weight excluding hydrogens is 474 g/mol. The number of hydrogen-bond donors (Lipinski definition) is 1. The van der Waals surface area contributed by atoms with Gasteiger partial charge in [-0.3, -0.25) is 9.89 Å². The Morgan fingerprint density at radius 2 is 1.47 bits per heavy atom. The molecule has 2 heterocycles. The number of amides is 1. The normalized spacial score (nSPS) is 14.4. The molecule has 1 atom stereocenters. The smallest absolute Gasteiger partial charge is 0.273 e. The van der Waals surface area contributed by atoms with Crippen molar-refractivity contribution in [3.05, 3.63) is 137 Å². The number of rotatable bonds is 8. The van der Waals surface area contributed by atoms with E-state index < -0.39 is 0 Å². The molecule has 0 fully saturated rings. The molecule has 1 amide bonds. The molecular formula is C32H27N3O3. The zero-order chi connectivity index (χ0) is 25.9. The number of ether oxygens (including phenoxy) is 2. The molecule has 38 heavy (non-hydrogen) atoms. The summed E-state index contributed by atoms with van der Waals surface area (Å²) in [6.45, 7) is 0.901. The van der Waals surface area contributed by atoms with Crippen LogP contribution in [0.1, 0.15) is 38.8 Å². The van der Waals surface area contributed by atoms with Crippen molar-refractivity contribution in [1.29, 1.82) is 0 Å². The minimum absolute atomic E-state index is 0.0769. The van der Waals surface area contributed by atoms with E-state index in [1.165, 1.54) is 0 Å². The van der Waals surface area contributed by atoms with E-state index in [9.17, 15) is 4.79 Å². The van der Waals surface area contributed by atoms with Gasteiger partial charge in [-0.2, -0.15) is 5.10 Å². The van der Waals surface area contributed by atoms with Gasteiger partial charge < -0.3 is 14.4 Å². The van der Waals surface area contributed by atoms with E-state index in [1.54, 1.807) is 7.11 Å². The Morgan fingerprint density at radius 3 is 2.16 bits per heavy atom. The molecule has 4 aromatic carbocycles. The standard InChI is InChI=1S/C32H27N3O3/c1-37-27-19-25(17-18-26(27)38-21-23-13-7-3-8-14-23)31-28-29(24-15-9-4-10-16-24)33-34-30(28)32(36)35(31)20-22-11-5-2-6-12-22/h2-19,31H,20-21H2,1H3,(H,33,34). The van der Waals surface area contributed by atoms with Crippen molar-refractivity contribution >= 4 is 5.91 Å². The maximum Gasteiger partial charge on any atom is 0.273 e. The molecule has 0 spiro atoms. The minimum atomic E-state index is -0.344. The first kappa shape index (κ1) is 23.6. The lowest BCUT2D eigenvalue weighted by Gasteiger charge is -2.27. The fraction of sp³-hybridized carbons (Fsp3) is 0.125. The summed E-state index contributed by atoms with van der Waals surface area (Å²) >= 11 is 0. The summed E-state index contributed by atoms with van der Waals surface area (Å²) in [5.74, 6) is 1.19. The maximum absolute atomic E-state index is 13.7. The summed E-state index contributed by atoms with van der Waals surface area (Å²) < 4.78 is 11.8. The Hall–Kier alpha value is -4.84. The van der Waals surface area contributed by atoms with Crippen LogP contribution in [0.4, 0.5) is 0 Å². The van der Waals surface area contributed by atoms with Gasteiger partial charge >= 0.3 is 0 Å². The predicted molar refractivity (Wildman–Crippen MR) is 146 cm³/mol. The van der Waals surface area contributed by atoms with Gasteiger partial charge in [-0.25, -0.2) is 0 Å². The molecule has 1 N–H and O–H groups in total. The van der Waals surface area contributed by atoms with Crippen molar-refractivity contribution in [2.45, 2.75) is 19.2 Å². The second-order valence-electron chi connectivity index (χ2n) is 9.23. The summed E-state index contributed by atoms with van der Waals surface area (Å²) in [4.78, 5) is 15.6. The molecule has 0 radical (unpaired) electrons. The molecule has 1 aliphatic heterocycles. The molecule has 0 bridgehead atoms. The van der Waals surface area contributed by atoms with Crippen molar-refractivity contribution in [1.82, 2.24) is 15.1 Å². The second-order valence-corrected chi connectivity index (χ2v) is 9.23. The molecule has 0 saturated carbocycles. The number of methoxy groups -OCH3 is 1. The molecule has 188 valence electrons. The third-order valence-electron chi connectivity index (χ3n) is 6.85. The van der Waals surface area contributed by atoms with E-state index in [-0.39, 0.29) is 11.9 Å². The third-order valence-corrected chi connectivity index (χ3v) is 6.85. The molecule has 0 aliphatic carbocycles. The summed E-state index contributed by atoms with van der Waals surface area (Å²) in [5.41, 5.74) is 6.18. The van der Waals surface area contributed by atoms with Gasteiger partial charge in [0.05, 0.1) is 18.8 Å². The van der Waals surface area contributed by atoms with E-state index in [0.29, 0.717) is 30.3 Å². The van der Waals surface area contributed by atoms with E-state index in [2.05, 4.69) is 10.2 Å². The van der Waals surface area contributed by atoms with Crippen LogP contribution in [-0.4, -0.2) is 28.1 Å². The van der Waals surface area contributed by atoms with Crippen LogP contribution in [0.15, 0.2) is 109 Å². The highest BCUT2D eigenvalue weighted by atomic mass is 16.5. The van der Waals surface area contributed by atoms with Gasteiger partial charge in [0.25, 0.3) is 5.91 Å². The van der Waals surface area contributed by atoms with Crippen molar-refractivity contribution in [2.75, 3.05) is 7.11 Å². The Bertz CT molecular complexity index is 1550. The van der Waals surface area contributed by atoms with Gasteiger partial charge in [-0.1, -0.05) is 97.1 Å². The topological polar surface area (TPSA) is 67.5 Å². The lowest BCUT2D eigenvalue weighted by molar-refractivity contribution is 0.0730. The number of benzene rings is 4. The SMILES string of the molecule is COc1cc(C2c3c(-c4ccccc4)n[nH]c3C(=O)N2Cc2ccccc2)ccc1OCc1ccccc1. The lowest BCUT2D eigenvalue weighted by atomic mass is 9.95. The number of carbonyl (C=O) groups is 1. The van der Waals surface area contributed by atoms with Crippen LogP contribution in [0.2, 0.25) is 0 Å². The van der Waals surface area contributed by atoms with E-state index in [4.69, 9.17) is 9.47 Å². The Balaban J connectivity index is 1.41. The Morgan fingerprint density at radius 1 is 0.816 bits per heavy atom. The number of carbonyl (C=O) groups excluding carboxylic acids is 1. The van der Waals surface area contributed by atoms with Crippen LogP contribution in [-0.2, 0) is 13.2 Å². The van der Waals surface area contributed by atoms with Crippen LogP contribution in [0.25, 0.3) is 11.3 Å². The van der Waals surface area contributed by atoms with Crippen LogP contribution >= 0.6 is 0 Å². The monoisotopic (exact) mass is 501 g/mol. The quantitative estimate of drug-likeness (QED) is 0.267. The second kappa shape index (κ2) is 10.3. The van der Waals surface area contributed by atoms with Crippen molar-refractivity contribution in [2.24, 2.45) is 0 Å². The number of hydrogen-bond acceptors (Lipinski definition) is 4. The van der Waals surface area contributed by atoms with Crippen LogP contribution in [0, 0.1) is 0 Å². The Kier molecular flexibility index (Phi) is 6.36. The first-order valence-corrected chi connectivity index (χ1v) is 12.6.